The molecular weight excluding hydrogens is 824 g/mol. The highest BCUT2D eigenvalue weighted by Gasteiger charge is 2.45. The van der Waals surface area contributed by atoms with Gasteiger partial charge in [-0.15, -0.1) is 11.3 Å². The van der Waals surface area contributed by atoms with Crippen molar-refractivity contribution in [3.63, 3.8) is 0 Å². The van der Waals surface area contributed by atoms with Gasteiger partial charge >= 0.3 is 6.85 Å². The molecule has 0 unspecified atom stereocenters. The van der Waals surface area contributed by atoms with E-state index >= 15 is 0 Å². The average molecular weight is 871 g/mol. The molecule has 0 saturated heterocycles. The highest BCUT2D eigenvalue weighted by molar-refractivity contribution is 7.26. The van der Waals surface area contributed by atoms with Gasteiger partial charge in [0.25, 0.3) is 0 Å². The topological polar surface area (TPSA) is 34.5 Å². The van der Waals surface area contributed by atoms with Crippen LogP contribution >= 0.6 is 11.3 Å². The predicted octanol–water partition coefficient (Wildman–Crippen LogP) is 15.8. The van der Waals surface area contributed by atoms with E-state index in [1.807, 2.05) is 11.3 Å². The molecule has 1 aliphatic carbocycles. The lowest BCUT2D eigenvalue weighted by molar-refractivity contribution is 0.332. The van der Waals surface area contributed by atoms with E-state index in [2.05, 4.69) is 191 Å². The van der Waals surface area contributed by atoms with E-state index in [0.717, 1.165) is 39.5 Å². The molecule has 0 atom stereocenters. The number of rotatable bonds is 1. The molecule has 6 heterocycles. The second kappa shape index (κ2) is 12.2. The Kier molecular flexibility index (Phi) is 6.91. The average Bonchev–Trinajstić information content (AvgIpc) is 4.05. The van der Waals surface area contributed by atoms with Crippen LogP contribution in [0.2, 0.25) is 0 Å². The number of anilines is 2. The maximum Gasteiger partial charge on any atom is 0.333 e. The fraction of sp³-hybridized carbons (Fsp3) is 0.200. The summed E-state index contributed by atoms with van der Waals surface area (Å²) in [5, 5.41) is 9.73. The Morgan fingerprint density at radius 2 is 1.21 bits per heavy atom. The summed E-state index contributed by atoms with van der Waals surface area (Å²) in [5.74, 6) is 0. The molecule has 6 heteroatoms. The van der Waals surface area contributed by atoms with Gasteiger partial charge in [0.2, 0.25) is 0 Å². The smallest absolute Gasteiger partial charge is 0.333 e. The van der Waals surface area contributed by atoms with Gasteiger partial charge in [0, 0.05) is 81.2 Å². The quantitative estimate of drug-likeness (QED) is 0.154. The van der Waals surface area contributed by atoms with Crippen LogP contribution < -0.4 is 15.7 Å². The largest absolute Gasteiger partial charge is 0.456 e. The van der Waals surface area contributed by atoms with Crippen LogP contribution in [0.25, 0.3) is 103 Å². The van der Waals surface area contributed by atoms with E-state index in [1.165, 1.54) is 115 Å². The Labute approximate surface area is 387 Å². The normalized spacial score (nSPS) is 16.2. The Morgan fingerprint density at radius 1 is 0.530 bits per heavy atom. The van der Waals surface area contributed by atoms with E-state index < -0.39 is 0 Å². The summed E-state index contributed by atoms with van der Waals surface area (Å²) in [5.41, 5.74) is 19.3. The van der Waals surface area contributed by atoms with Crippen molar-refractivity contribution in [1.82, 2.24) is 4.57 Å². The van der Waals surface area contributed by atoms with Crippen molar-refractivity contribution < 1.29 is 8.83 Å². The molecule has 0 amide bonds. The minimum atomic E-state index is -0.113. The lowest BCUT2D eigenvalue weighted by atomic mass is 9.44. The molecule has 0 bridgehead atoms. The molecule has 66 heavy (non-hydrogen) atoms. The van der Waals surface area contributed by atoms with Gasteiger partial charge in [0.15, 0.2) is 0 Å². The molecule has 0 spiro atoms. The molecule has 0 fully saturated rings. The Bertz CT molecular complexity index is 4170. The molecule has 12 aromatic rings. The summed E-state index contributed by atoms with van der Waals surface area (Å²) >= 11 is 1.90. The van der Waals surface area contributed by atoms with Crippen LogP contribution in [-0.2, 0) is 16.2 Å². The van der Waals surface area contributed by atoms with Crippen LogP contribution in [0.4, 0.5) is 11.4 Å². The molecule has 0 N–H and O–H groups in total. The van der Waals surface area contributed by atoms with Crippen LogP contribution in [0.15, 0.2) is 142 Å². The lowest BCUT2D eigenvalue weighted by Gasteiger charge is -2.42. The van der Waals surface area contributed by atoms with Crippen LogP contribution in [0.3, 0.4) is 0 Å². The lowest BCUT2D eigenvalue weighted by Crippen LogP contribution is -2.60. The number of furan rings is 2. The van der Waals surface area contributed by atoms with E-state index in [9.17, 15) is 0 Å². The van der Waals surface area contributed by atoms with Gasteiger partial charge in [0.1, 0.15) is 22.3 Å². The summed E-state index contributed by atoms with van der Waals surface area (Å²) in [7, 11) is 0. The Hall–Kier alpha value is -6.76. The van der Waals surface area contributed by atoms with Gasteiger partial charge in [-0.1, -0.05) is 109 Å². The molecule has 15 rings (SSSR count). The van der Waals surface area contributed by atoms with Gasteiger partial charge in [-0.05, 0) is 129 Å². The summed E-state index contributed by atoms with van der Waals surface area (Å²) in [6.07, 6.45) is 2.33. The van der Waals surface area contributed by atoms with E-state index in [-0.39, 0.29) is 23.1 Å². The number of thiophene rings is 1. The predicted molar refractivity (Wildman–Crippen MR) is 281 cm³/mol. The van der Waals surface area contributed by atoms with Crippen LogP contribution in [-0.4, -0.2) is 11.4 Å². The summed E-state index contributed by atoms with van der Waals surface area (Å²) in [6, 6.07) is 51.0. The first-order valence-corrected chi connectivity index (χ1v) is 24.5. The Morgan fingerprint density at radius 3 is 2.02 bits per heavy atom. The minimum absolute atomic E-state index is 0.0233. The molecule has 8 aromatic carbocycles. The van der Waals surface area contributed by atoms with Gasteiger partial charge in [-0.25, -0.2) is 0 Å². The van der Waals surface area contributed by atoms with Crippen molar-refractivity contribution in [2.24, 2.45) is 0 Å². The molecule has 0 radical (unpaired) electrons. The van der Waals surface area contributed by atoms with E-state index in [0.29, 0.717) is 0 Å². The zero-order chi connectivity index (χ0) is 44.3. The summed E-state index contributed by atoms with van der Waals surface area (Å²) < 4.78 is 18.9. The van der Waals surface area contributed by atoms with Crippen LogP contribution in [0.1, 0.15) is 78.0 Å². The van der Waals surface area contributed by atoms with E-state index in [4.69, 9.17) is 8.83 Å². The maximum absolute atomic E-state index is 7.06. The monoisotopic (exact) mass is 870 g/mol. The second-order valence-corrected chi connectivity index (χ2v) is 23.0. The van der Waals surface area contributed by atoms with Crippen LogP contribution in [0, 0.1) is 0 Å². The third kappa shape index (κ3) is 4.75. The van der Waals surface area contributed by atoms with Crippen molar-refractivity contribution >= 4 is 126 Å². The molecule has 2 aliphatic heterocycles. The van der Waals surface area contributed by atoms with Crippen molar-refractivity contribution in [3.8, 4) is 16.8 Å². The number of aromatic nitrogens is 1. The van der Waals surface area contributed by atoms with Gasteiger partial charge in [-0.2, -0.15) is 0 Å². The number of para-hydroxylation sites is 1. The Balaban J connectivity index is 1.10. The van der Waals surface area contributed by atoms with E-state index in [1.54, 1.807) is 0 Å². The zero-order valence-electron chi connectivity index (χ0n) is 38.3. The fourth-order valence-corrected chi connectivity index (χ4v) is 13.7. The SMILES string of the molecule is CC(C)(C)c1ccc(N2B3c4cc5sc6ccccc6c5cc4-n4c5cc6c(cc5c5ccc(c3c54)-c3cc4c(cc32)oc2cc3c(cc24)C(C)(C)CCC3(C)C)oc2ccccc26)cc1. The number of hydrogen-bond acceptors (Lipinski definition) is 4. The first kappa shape index (κ1) is 37.5. The van der Waals surface area contributed by atoms with Crippen molar-refractivity contribution in [2.75, 3.05) is 4.81 Å². The first-order chi connectivity index (χ1) is 31.8. The van der Waals surface area contributed by atoms with Crippen LogP contribution in [0.5, 0.6) is 0 Å². The molecule has 0 saturated carbocycles. The van der Waals surface area contributed by atoms with Gasteiger partial charge in [0.05, 0.1) is 11.0 Å². The number of nitrogens with zero attached hydrogens (tertiary/aromatic N) is 2. The van der Waals surface area contributed by atoms with Crippen molar-refractivity contribution in [1.29, 1.82) is 0 Å². The highest BCUT2D eigenvalue weighted by atomic mass is 32.1. The molecule has 3 aliphatic rings. The van der Waals surface area contributed by atoms with Crippen molar-refractivity contribution in [2.45, 2.75) is 77.6 Å². The zero-order valence-corrected chi connectivity index (χ0v) is 39.1. The highest BCUT2D eigenvalue weighted by Crippen LogP contribution is 2.52. The molecule has 318 valence electrons. The molecule has 4 aromatic heterocycles. The summed E-state index contributed by atoms with van der Waals surface area (Å²) in [4.78, 5) is 2.64. The standard InChI is InChI=1S/C60H47BN2O2S/c1-58(2,3)32-16-18-33(19-17-32)63-48-31-53-40(41-25-44-45(29-52(41)65-53)60(6,7)23-22-59(44,4)5)24-38(48)36-20-21-37-39-28-51-42(34-12-8-10-14-50(34)64-51)26-47(39)62-49-27-43-35-13-9-11-15-54(35)66-55(43)30-46(49)61(63)56(36)57(37)62/h8-21,24-31H,22-23H2,1-7H3. The number of hydrogen-bond donors (Lipinski definition) is 0. The number of fused-ring (bicyclic) bond motifs is 18. The third-order valence-corrected chi connectivity index (χ3v) is 17.3. The first-order valence-electron chi connectivity index (χ1n) is 23.6. The van der Waals surface area contributed by atoms with Gasteiger partial charge in [-0.3, -0.25) is 0 Å². The molecule has 4 nitrogen and oxygen atoms in total. The second-order valence-electron chi connectivity index (χ2n) is 21.9. The summed E-state index contributed by atoms with van der Waals surface area (Å²) in [6.45, 7) is 16.4. The van der Waals surface area contributed by atoms with Crippen molar-refractivity contribution in [3.05, 3.63) is 150 Å². The minimum Gasteiger partial charge on any atom is -0.456 e. The number of benzene rings is 8. The fourth-order valence-electron chi connectivity index (χ4n) is 12.6. The molecular formula is C60H47BN2O2S. The third-order valence-electron chi connectivity index (χ3n) is 16.2. The van der Waals surface area contributed by atoms with Gasteiger partial charge < -0.3 is 18.2 Å². The maximum atomic E-state index is 7.06.